The zero-order chi connectivity index (χ0) is 20.7. The molecule has 1 fully saturated rings. The van der Waals surface area contributed by atoms with Crippen LogP contribution < -0.4 is 11.1 Å². The highest BCUT2D eigenvalue weighted by atomic mass is 16.6. The minimum atomic E-state index is -1.18. The van der Waals surface area contributed by atoms with Gasteiger partial charge in [0.2, 0.25) is 11.8 Å². The van der Waals surface area contributed by atoms with Crippen LogP contribution in [0.25, 0.3) is 0 Å². The first-order valence-electron chi connectivity index (χ1n) is 8.90. The van der Waals surface area contributed by atoms with Gasteiger partial charge in [-0.1, -0.05) is 12.1 Å². The molecule has 0 aliphatic carbocycles. The molecule has 1 heterocycles. The van der Waals surface area contributed by atoms with Crippen LogP contribution in [-0.4, -0.2) is 48.6 Å². The lowest BCUT2D eigenvalue weighted by Gasteiger charge is -2.26. The molecular weight excluding hydrogens is 370 g/mol. The van der Waals surface area contributed by atoms with Gasteiger partial charge in [-0.05, 0) is 18.9 Å². The third-order valence-electron chi connectivity index (χ3n) is 4.53. The van der Waals surface area contributed by atoms with Gasteiger partial charge in [0, 0.05) is 24.7 Å². The first kappa shape index (κ1) is 21.3. The van der Waals surface area contributed by atoms with E-state index < -0.39 is 40.6 Å². The topological polar surface area (TPSA) is 151 Å². The Labute approximate surface area is 161 Å². The minimum absolute atomic E-state index is 0.138. The number of nitrogens with zero attached hydrogens (tertiary/aromatic N) is 1. The van der Waals surface area contributed by atoms with Crippen LogP contribution in [0.5, 0.6) is 0 Å². The summed E-state index contributed by atoms with van der Waals surface area (Å²) in [6, 6.07) is 4.21. The van der Waals surface area contributed by atoms with Crippen LogP contribution in [0.15, 0.2) is 24.3 Å². The number of esters is 1. The Bertz CT molecular complexity index is 729. The number of non-ortho nitro benzene ring substituents is 1. The van der Waals surface area contributed by atoms with Crippen molar-refractivity contribution in [2.75, 3.05) is 19.8 Å². The molecule has 10 heteroatoms. The van der Waals surface area contributed by atoms with E-state index in [0.717, 1.165) is 0 Å². The average molecular weight is 393 g/mol. The molecule has 0 spiro atoms. The van der Waals surface area contributed by atoms with Gasteiger partial charge in [-0.25, -0.2) is 0 Å². The van der Waals surface area contributed by atoms with Gasteiger partial charge in [-0.15, -0.1) is 0 Å². The Hall–Kier alpha value is -3.01. The number of rotatable bonds is 9. The standard InChI is InChI=1S/C18H23N3O7/c1-2-28-15(22)9-14(11-3-5-13(6-4-11)21(25)26)16(17(19)23)20-18(24)12-7-8-27-10-12/h3-6,12,14,16H,2,7-10H2,1H3,(H2,19,23)(H,20,24)/t12-,14-,16-/m1/s1. The molecule has 3 N–H and O–H groups in total. The van der Waals surface area contributed by atoms with Crippen LogP contribution in [0.3, 0.4) is 0 Å². The zero-order valence-electron chi connectivity index (χ0n) is 15.5. The molecule has 1 aliphatic rings. The van der Waals surface area contributed by atoms with E-state index in [0.29, 0.717) is 18.6 Å². The molecule has 28 heavy (non-hydrogen) atoms. The van der Waals surface area contributed by atoms with Crippen molar-refractivity contribution in [2.45, 2.75) is 31.7 Å². The predicted octanol–water partition coefficient (Wildman–Crippen LogP) is 0.638. The number of carbonyl (C=O) groups excluding carboxylic acids is 3. The van der Waals surface area contributed by atoms with Crippen molar-refractivity contribution < 1.29 is 28.8 Å². The van der Waals surface area contributed by atoms with Gasteiger partial charge in [-0.3, -0.25) is 24.5 Å². The van der Waals surface area contributed by atoms with Crippen molar-refractivity contribution in [2.24, 2.45) is 11.7 Å². The summed E-state index contributed by atoms with van der Waals surface area (Å²) in [6.07, 6.45) is 0.304. The summed E-state index contributed by atoms with van der Waals surface area (Å²) in [7, 11) is 0. The lowest BCUT2D eigenvalue weighted by atomic mass is 9.87. The van der Waals surface area contributed by atoms with Crippen LogP contribution in [0.2, 0.25) is 0 Å². The Morgan fingerprint density at radius 2 is 2.04 bits per heavy atom. The molecule has 0 radical (unpaired) electrons. The Kier molecular flexibility index (Phi) is 7.44. The minimum Gasteiger partial charge on any atom is -0.466 e. The van der Waals surface area contributed by atoms with Gasteiger partial charge in [0.05, 0.1) is 30.5 Å². The highest BCUT2D eigenvalue weighted by molar-refractivity contribution is 5.89. The summed E-state index contributed by atoms with van der Waals surface area (Å²) in [5.41, 5.74) is 5.82. The van der Waals surface area contributed by atoms with Crippen molar-refractivity contribution in [1.29, 1.82) is 0 Å². The van der Waals surface area contributed by atoms with Crippen molar-refractivity contribution >= 4 is 23.5 Å². The molecule has 1 saturated heterocycles. The third kappa shape index (κ3) is 5.49. The molecule has 10 nitrogen and oxygen atoms in total. The van der Waals surface area contributed by atoms with E-state index in [1.807, 2.05) is 0 Å². The maximum absolute atomic E-state index is 12.4. The normalized spacial score (nSPS) is 18.1. The quantitative estimate of drug-likeness (QED) is 0.355. The third-order valence-corrected chi connectivity index (χ3v) is 4.53. The number of nitro benzene ring substituents is 1. The first-order valence-corrected chi connectivity index (χ1v) is 8.90. The fraction of sp³-hybridized carbons (Fsp3) is 0.500. The molecule has 1 aliphatic heterocycles. The first-order chi connectivity index (χ1) is 13.3. The van der Waals surface area contributed by atoms with Crippen molar-refractivity contribution in [3.8, 4) is 0 Å². The molecule has 3 atom stereocenters. The van der Waals surface area contributed by atoms with Crippen LogP contribution in [0.4, 0.5) is 5.69 Å². The smallest absolute Gasteiger partial charge is 0.306 e. The number of primary amides is 1. The van der Waals surface area contributed by atoms with Crippen molar-refractivity contribution in [1.82, 2.24) is 5.32 Å². The largest absolute Gasteiger partial charge is 0.466 e. The van der Waals surface area contributed by atoms with Crippen molar-refractivity contribution in [3.63, 3.8) is 0 Å². The molecule has 1 aromatic rings. The van der Waals surface area contributed by atoms with Gasteiger partial charge < -0.3 is 20.5 Å². The highest BCUT2D eigenvalue weighted by Gasteiger charge is 2.34. The van der Waals surface area contributed by atoms with Crippen LogP contribution in [0, 0.1) is 16.0 Å². The number of hydrogen-bond acceptors (Lipinski definition) is 7. The van der Waals surface area contributed by atoms with E-state index in [2.05, 4.69) is 5.32 Å². The fourth-order valence-electron chi connectivity index (χ4n) is 3.05. The summed E-state index contributed by atoms with van der Waals surface area (Å²) >= 11 is 0. The lowest BCUT2D eigenvalue weighted by Crippen LogP contribution is -2.50. The van der Waals surface area contributed by atoms with E-state index in [1.165, 1.54) is 24.3 Å². The SMILES string of the molecule is CCOC(=O)C[C@H](c1ccc([N+](=O)[O-])cc1)[C@@H](NC(=O)[C@@H]1CCOC1)C(N)=O. The molecule has 2 amide bonds. The number of nitrogens with two attached hydrogens (primary N) is 1. The van der Waals surface area contributed by atoms with Gasteiger partial charge in [0.15, 0.2) is 0 Å². The number of nitrogens with one attached hydrogen (secondary N) is 1. The summed E-state index contributed by atoms with van der Waals surface area (Å²) in [6.45, 7) is 2.50. The van der Waals surface area contributed by atoms with Crippen molar-refractivity contribution in [3.05, 3.63) is 39.9 Å². The molecule has 2 rings (SSSR count). The van der Waals surface area contributed by atoms with E-state index in [9.17, 15) is 24.5 Å². The Morgan fingerprint density at radius 3 is 2.54 bits per heavy atom. The molecular formula is C18H23N3O7. The van der Waals surface area contributed by atoms with Gasteiger partial charge in [0.1, 0.15) is 6.04 Å². The van der Waals surface area contributed by atoms with Gasteiger partial charge in [0.25, 0.3) is 5.69 Å². The highest BCUT2D eigenvalue weighted by Crippen LogP contribution is 2.27. The van der Waals surface area contributed by atoms with E-state index >= 15 is 0 Å². The lowest BCUT2D eigenvalue weighted by molar-refractivity contribution is -0.384. The maximum atomic E-state index is 12.4. The molecule has 1 aromatic carbocycles. The van der Waals surface area contributed by atoms with Gasteiger partial charge in [-0.2, -0.15) is 0 Å². The summed E-state index contributed by atoms with van der Waals surface area (Å²) in [5.74, 6) is -3.02. The number of amides is 2. The predicted molar refractivity (Wildman–Crippen MR) is 97.1 cm³/mol. The maximum Gasteiger partial charge on any atom is 0.306 e. The van der Waals surface area contributed by atoms with E-state index in [1.54, 1.807) is 6.92 Å². The Morgan fingerprint density at radius 1 is 1.36 bits per heavy atom. The molecule has 152 valence electrons. The average Bonchev–Trinajstić information content (AvgIpc) is 3.19. The second kappa shape index (κ2) is 9.79. The van der Waals surface area contributed by atoms with E-state index in [4.69, 9.17) is 15.2 Å². The molecule has 0 saturated carbocycles. The fourth-order valence-corrected chi connectivity index (χ4v) is 3.05. The monoisotopic (exact) mass is 393 g/mol. The second-order valence-corrected chi connectivity index (χ2v) is 6.41. The zero-order valence-corrected chi connectivity index (χ0v) is 15.5. The molecule has 0 unspecified atom stereocenters. The second-order valence-electron chi connectivity index (χ2n) is 6.41. The molecule has 0 aromatic heterocycles. The van der Waals surface area contributed by atoms with Crippen LogP contribution in [0.1, 0.15) is 31.2 Å². The van der Waals surface area contributed by atoms with Gasteiger partial charge >= 0.3 is 5.97 Å². The van der Waals surface area contributed by atoms with Crippen LogP contribution >= 0.6 is 0 Å². The van der Waals surface area contributed by atoms with E-state index in [-0.39, 0.29) is 25.3 Å². The van der Waals surface area contributed by atoms with Crippen LogP contribution in [-0.2, 0) is 23.9 Å². The number of carbonyl (C=O) groups is 3. The number of nitro groups is 1. The number of benzene rings is 1. The summed E-state index contributed by atoms with van der Waals surface area (Å²) < 4.78 is 10.1. The summed E-state index contributed by atoms with van der Waals surface area (Å²) in [4.78, 5) is 46.9. The molecule has 0 bridgehead atoms. The number of ether oxygens (including phenoxy) is 2. The summed E-state index contributed by atoms with van der Waals surface area (Å²) in [5, 5.41) is 13.5. The Balaban J connectivity index is 2.29. The number of hydrogen-bond donors (Lipinski definition) is 2.